The average molecular weight is 316 g/mol. The molecule has 1 aromatic heterocycles. The predicted molar refractivity (Wildman–Crippen MR) is 71.0 cm³/mol. The van der Waals surface area contributed by atoms with E-state index in [9.17, 15) is 9.90 Å². The zero-order chi connectivity index (χ0) is 15.2. The molecule has 0 aliphatic carbocycles. The highest BCUT2D eigenvalue weighted by Crippen LogP contribution is 2.39. The van der Waals surface area contributed by atoms with Crippen molar-refractivity contribution in [2.75, 3.05) is 17.8 Å². The zero-order valence-electron chi connectivity index (χ0n) is 11.5. The fourth-order valence-electron chi connectivity index (χ4n) is 2.33. The van der Waals surface area contributed by atoms with E-state index in [1.807, 2.05) is 0 Å². The first-order chi connectivity index (χ1) is 9.91. The lowest BCUT2D eigenvalue weighted by molar-refractivity contribution is -0.158. The Bertz CT molecular complexity index is 563. The number of hydrogen-bond donors (Lipinski definition) is 3. The number of aliphatic hydroxyl groups excluding tert-OH is 2. The number of hydrogen-bond acceptors (Lipinski definition) is 8. The maximum Gasteiger partial charge on any atom is 0.249 e. The van der Waals surface area contributed by atoms with Crippen molar-refractivity contribution in [1.29, 1.82) is 0 Å². The molecule has 1 aromatic rings. The minimum atomic E-state index is -1.13. The number of rotatable bonds is 3. The number of nitrogens with zero attached hydrogens (tertiary/aromatic N) is 3. The number of nitrogens with one attached hydrogen (secondary N) is 1. The number of carbonyl (C=O) groups excluding carboxylic acids is 1. The van der Waals surface area contributed by atoms with Gasteiger partial charge in [0.05, 0.1) is 12.4 Å². The lowest BCUT2D eigenvalue weighted by atomic mass is 10.1. The summed E-state index contributed by atoms with van der Waals surface area (Å²) in [5.41, 5.74) is 2.64. The summed E-state index contributed by atoms with van der Waals surface area (Å²) in [7, 11) is 0. The number of amides is 1. The molecule has 3 N–H and O–H groups in total. The SMILES string of the molecule is CC1(C)O[C@H]([C@H](O)CO)[C@@H](c2nnc3n2NC(=O)CS3)O1. The molecule has 0 spiro atoms. The average Bonchev–Trinajstić information content (AvgIpc) is 2.97. The van der Waals surface area contributed by atoms with Crippen LogP contribution in [0.5, 0.6) is 0 Å². The summed E-state index contributed by atoms with van der Waals surface area (Å²) < 4.78 is 12.8. The van der Waals surface area contributed by atoms with Crippen molar-refractivity contribution >= 4 is 17.7 Å². The van der Waals surface area contributed by atoms with Crippen LogP contribution in [-0.2, 0) is 14.3 Å². The van der Waals surface area contributed by atoms with Gasteiger partial charge in [-0.3, -0.25) is 10.2 Å². The van der Waals surface area contributed by atoms with Gasteiger partial charge in [-0.1, -0.05) is 11.8 Å². The molecule has 0 saturated carbocycles. The monoisotopic (exact) mass is 316 g/mol. The van der Waals surface area contributed by atoms with Crippen LogP contribution < -0.4 is 5.43 Å². The van der Waals surface area contributed by atoms with Crippen LogP contribution >= 0.6 is 11.8 Å². The molecule has 2 aliphatic rings. The molecule has 0 radical (unpaired) electrons. The Hall–Kier alpha value is -1.20. The molecule has 116 valence electrons. The number of fused-ring (bicyclic) bond motifs is 1. The van der Waals surface area contributed by atoms with E-state index in [1.165, 1.54) is 16.4 Å². The molecule has 21 heavy (non-hydrogen) atoms. The van der Waals surface area contributed by atoms with Crippen LogP contribution in [0.2, 0.25) is 0 Å². The van der Waals surface area contributed by atoms with E-state index in [2.05, 4.69) is 15.6 Å². The number of carbonyl (C=O) groups is 1. The van der Waals surface area contributed by atoms with Crippen molar-refractivity contribution in [3.63, 3.8) is 0 Å². The number of aliphatic hydroxyl groups is 2. The first-order valence-corrected chi connectivity index (χ1v) is 7.42. The van der Waals surface area contributed by atoms with Crippen LogP contribution in [0.1, 0.15) is 25.8 Å². The van der Waals surface area contributed by atoms with Gasteiger partial charge in [-0.05, 0) is 13.8 Å². The van der Waals surface area contributed by atoms with Crippen molar-refractivity contribution in [2.24, 2.45) is 0 Å². The van der Waals surface area contributed by atoms with Gasteiger partial charge in [-0.15, -0.1) is 10.2 Å². The van der Waals surface area contributed by atoms with Crippen LogP contribution in [0.3, 0.4) is 0 Å². The molecular weight excluding hydrogens is 300 g/mol. The standard InChI is InChI=1S/C11H16N4O5S/c1-11(2)19-7(5(17)3-16)8(20-11)9-12-13-10-15(9)14-6(18)4-21-10/h5,7-8,16-17H,3-4H2,1-2H3,(H,14,18)/t5-,7-,8+/m1/s1. The Labute approximate surface area is 124 Å². The van der Waals surface area contributed by atoms with Crippen molar-refractivity contribution in [2.45, 2.75) is 43.1 Å². The molecule has 1 fully saturated rings. The lowest BCUT2D eigenvalue weighted by Gasteiger charge is -2.22. The Morgan fingerprint density at radius 1 is 1.52 bits per heavy atom. The van der Waals surface area contributed by atoms with Gasteiger partial charge in [0.25, 0.3) is 0 Å². The minimum absolute atomic E-state index is 0.175. The maximum atomic E-state index is 11.5. The van der Waals surface area contributed by atoms with E-state index in [4.69, 9.17) is 14.6 Å². The fraction of sp³-hybridized carbons (Fsp3) is 0.727. The summed E-state index contributed by atoms with van der Waals surface area (Å²) >= 11 is 1.26. The molecule has 9 nitrogen and oxygen atoms in total. The molecule has 0 aromatic carbocycles. The van der Waals surface area contributed by atoms with Gasteiger partial charge in [-0.25, -0.2) is 4.68 Å². The number of thioether (sulfide) groups is 1. The molecule has 1 saturated heterocycles. The fourth-order valence-corrected chi connectivity index (χ4v) is 3.02. The molecule has 0 unspecified atom stereocenters. The second-order valence-corrected chi connectivity index (χ2v) is 6.21. The van der Waals surface area contributed by atoms with Crippen LogP contribution in [0, 0.1) is 0 Å². The first kappa shape index (κ1) is 14.7. The number of ether oxygens (including phenoxy) is 2. The van der Waals surface area contributed by atoms with E-state index < -0.39 is 30.7 Å². The van der Waals surface area contributed by atoms with E-state index in [0.29, 0.717) is 11.0 Å². The highest BCUT2D eigenvalue weighted by molar-refractivity contribution is 7.99. The van der Waals surface area contributed by atoms with E-state index >= 15 is 0 Å². The Morgan fingerprint density at radius 3 is 3.00 bits per heavy atom. The lowest BCUT2D eigenvalue weighted by Crippen LogP contribution is -2.37. The highest BCUT2D eigenvalue weighted by atomic mass is 32.2. The third-order valence-corrected chi connectivity index (χ3v) is 4.11. The third-order valence-electron chi connectivity index (χ3n) is 3.18. The van der Waals surface area contributed by atoms with Crippen LogP contribution in [0.4, 0.5) is 0 Å². The van der Waals surface area contributed by atoms with Gasteiger partial charge in [0.15, 0.2) is 17.7 Å². The zero-order valence-corrected chi connectivity index (χ0v) is 12.3. The van der Waals surface area contributed by atoms with Crippen molar-refractivity contribution in [1.82, 2.24) is 14.9 Å². The molecule has 2 aliphatic heterocycles. The molecular formula is C11H16N4O5S. The summed E-state index contributed by atoms with van der Waals surface area (Å²) in [6.45, 7) is 2.93. The van der Waals surface area contributed by atoms with Crippen LogP contribution in [-0.4, -0.2) is 61.3 Å². The summed E-state index contributed by atoms with van der Waals surface area (Å²) in [6.07, 6.45) is -2.68. The van der Waals surface area contributed by atoms with Crippen molar-refractivity contribution < 1.29 is 24.5 Å². The highest BCUT2D eigenvalue weighted by Gasteiger charge is 2.48. The molecule has 0 bridgehead atoms. The van der Waals surface area contributed by atoms with E-state index in [0.717, 1.165) is 0 Å². The Kier molecular flexibility index (Phi) is 3.66. The normalized spacial score (nSPS) is 29.0. The summed E-state index contributed by atoms with van der Waals surface area (Å²) in [4.78, 5) is 11.5. The smallest absolute Gasteiger partial charge is 0.249 e. The molecule has 3 rings (SSSR count). The molecule has 3 heterocycles. The van der Waals surface area contributed by atoms with Gasteiger partial charge in [0.1, 0.15) is 12.2 Å². The predicted octanol–water partition coefficient (Wildman–Crippen LogP) is -1.00. The minimum Gasteiger partial charge on any atom is -0.394 e. The largest absolute Gasteiger partial charge is 0.394 e. The van der Waals surface area contributed by atoms with E-state index in [-0.39, 0.29) is 11.7 Å². The maximum absolute atomic E-state index is 11.5. The van der Waals surface area contributed by atoms with Gasteiger partial charge < -0.3 is 19.7 Å². The van der Waals surface area contributed by atoms with Crippen LogP contribution in [0.25, 0.3) is 0 Å². The quantitative estimate of drug-likeness (QED) is 0.650. The molecule has 10 heteroatoms. The van der Waals surface area contributed by atoms with Gasteiger partial charge in [0.2, 0.25) is 11.1 Å². The first-order valence-electron chi connectivity index (χ1n) is 6.44. The summed E-state index contributed by atoms with van der Waals surface area (Å²) in [5.74, 6) is -0.516. The Morgan fingerprint density at radius 2 is 2.29 bits per heavy atom. The van der Waals surface area contributed by atoms with Gasteiger partial charge in [-0.2, -0.15) is 0 Å². The van der Waals surface area contributed by atoms with Gasteiger partial charge in [0, 0.05) is 0 Å². The summed E-state index contributed by atoms with van der Waals surface area (Å²) in [5, 5.41) is 27.6. The van der Waals surface area contributed by atoms with Gasteiger partial charge >= 0.3 is 0 Å². The van der Waals surface area contributed by atoms with Crippen molar-refractivity contribution in [3.05, 3.63) is 5.82 Å². The number of aromatic nitrogens is 3. The third kappa shape index (κ3) is 2.64. The van der Waals surface area contributed by atoms with Crippen molar-refractivity contribution in [3.8, 4) is 0 Å². The Balaban J connectivity index is 1.95. The van der Waals surface area contributed by atoms with E-state index in [1.54, 1.807) is 13.8 Å². The molecule has 1 amide bonds. The van der Waals surface area contributed by atoms with Crippen LogP contribution in [0.15, 0.2) is 5.16 Å². The topological polar surface area (TPSA) is 119 Å². The molecule has 3 atom stereocenters. The second-order valence-electron chi connectivity index (χ2n) is 5.27. The second kappa shape index (κ2) is 5.21. The summed E-state index contributed by atoms with van der Waals surface area (Å²) in [6, 6.07) is 0.